The number of esters is 1. The Bertz CT molecular complexity index is 835. The number of benzene rings is 1. The lowest BCUT2D eigenvalue weighted by Gasteiger charge is -2.28. The summed E-state index contributed by atoms with van der Waals surface area (Å²) in [5.74, 6) is -0.226. The van der Waals surface area contributed by atoms with Crippen LogP contribution in [0.1, 0.15) is 18.4 Å². The van der Waals surface area contributed by atoms with Crippen molar-refractivity contribution >= 4 is 5.97 Å². The zero-order valence-electron chi connectivity index (χ0n) is 15.2. The highest BCUT2D eigenvalue weighted by atomic mass is 16.5. The molecule has 0 saturated carbocycles. The quantitative estimate of drug-likeness (QED) is 0.793. The average molecular weight is 360 g/mol. The second-order valence-corrected chi connectivity index (χ2v) is 5.31. The third-order valence-corrected chi connectivity index (χ3v) is 4.06. The number of allylic oxidation sites excluding steroid dienone is 2. The molecule has 1 aliphatic rings. The monoisotopic (exact) mass is 360 g/mol. The molecule has 0 saturated heterocycles. The van der Waals surface area contributed by atoms with E-state index in [0.717, 1.165) is 0 Å². The van der Waals surface area contributed by atoms with Crippen LogP contribution in [0, 0.1) is 11.3 Å². The van der Waals surface area contributed by atoms with Gasteiger partial charge in [-0.15, -0.1) is 0 Å². The Morgan fingerprint density at radius 3 is 2.31 bits per heavy atom. The molecular weight excluding hydrogens is 340 g/mol. The molecule has 138 valence electrons. The van der Waals surface area contributed by atoms with Gasteiger partial charge in [0, 0.05) is 5.56 Å². The fraction of sp³-hybridized carbons (Fsp3) is 0.333. The van der Waals surface area contributed by atoms with Crippen LogP contribution in [0.25, 0.3) is 0 Å². The number of methoxy groups -OCH3 is 4. The van der Waals surface area contributed by atoms with E-state index in [4.69, 9.17) is 29.4 Å². The SMILES string of the molecule is COC(=O)C1=C(C)OC(N)=C(C#N)[C@@H]1c1ccc(OC)c(OC)c1OC. The van der Waals surface area contributed by atoms with Crippen LogP contribution < -0.4 is 19.9 Å². The smallest absolute Gasteiger partial charge is 0.338 e. The number of hydrogen-bond acceptors (Lipinski definition) is 8. The average Bonchev–Trinajstić information content (AvgIpc) is 2.65. The normalized spacial score (nSPS) is 16.5. The van der Waals surface area contributed by atoms with E-state index >= 15 is 0 Å². The molecule has 0 aliphatic carbocycles. The van der Waals surface area contributed by atoms with Crippen LogP contribution in [0.15, 0.2) is 34.9 Å². The predicted octanol–water partition coefficient (Wildman–Crippen LogP) is 1.97. The zero-order valence-corrected chi connectivity index (χ0v) is 15.2. The number of rotatable bonds is 5. The fourth-order valence-corrected chi connectivity index (χ4v) is 2.92. The van der Waals surface area contributed by atoms with Crippen LogP contribution in [-0.4, -0.2) is 34.4 Å². The minimum Gasteiger partial charge on any atom is -0.493 e. The maximum Gasteiger partial charge on any atom is 0.338 e. The molecule has 0 unspecified atom stereocenters. The highest BCUT2D eigenvalue weighted by Gasteiger charge is 2.38. The molecule has 0 radical (unpaired) electrons. The van der Waals surface area contributed by atoms with Crippen molar-refractivity contribution in [3.05, 3.63) is 40.5 Å². The van der Waals surface area contributed by atoms with Crippen molar-refractivity contribution in [2.75, 3.05) is 28.4 Å². The van der Waals surface area contributed by atoms with Crippen LogP contribution in [0.2, 0.25) is 0 Å². The molecule has 26 heavy (non-hydrogen) atoms. The van der Waals surface area contributed by atoms with E-state index in [1.807, 2.05) is 6.07 Å². The van der Waals surface area contributed by atoms with Gasteiger partial charge in [0.05, 0.1) is 39.9 Å². The first-order chi connectivity index (χ1) is 12.4. The molecule has 8 heteroatoms. The van der Waals surface area contributed by atoms with Gasteiger partial charge in [-0.3, -0.25) is 0 Å². The van der Waals surface area contributed by atoms with Crippen molar-refractivity contribution in [2.24, 2.45) is 5.73 Å². The Kier molecular flexibility index (Phi) is 5.62. The molecule has 2 N–H and O–H groups in total. The highest BCUT2D eigenvalue weighted by molar-refractivity contribution is 5.93. The number of nitriles is 1. The minimum atomic E-state index is -0.837. The first-order valence-electron chi connectivity index (χ1n) is 7.60. The van der Waals surface area contributed by atoms with E-state index in [-0.39, 0.29) is 22.8 Å². The Balaban J connectivity index is 2.82. The van der Waals surface area contributed by atoms with Crippen LogP contribution in [0.5, 0.6) is 17.2 Å². The maximum absolute atomic E-state index is 12.4. The van der Waals surface area contributed by atoms with Gasteiger partial charge < -0.3 is 29.4 Å². The Morgan fingerprint density at radius 2 is 1.81 bits per heavy atom. The van der Waals surface area contributed by atoms with Crippen molar-refractivity contribution in [3.8, 4) is 23.3 Å². The topological polar surface area (TPSA) is 113 Å². The first-order valence-corrected chi connectivity index (χ1v) is 7.60. The lowest BCUT2D eigenvalue weighted by atomic mass is 9.82. The summed E-state index contributed by atoms with van der Waals surface area (Å²) in [4.78, 5) is 12.4. The molecule has 1 heterocycles. The fourth-order valence-electron chi connectivity index (χ4n) is 2.92. The first kappa shape index (κ1) is 19.0. The third kappa shape index (κ3) is 2.99. The van der Waals surface area contributed by atoms with E-state index < -0.39 is 11.9 Å². The summed E-state index contributed by atoms with van der Waals surface area (Å²) in [6, 6.07) is 5.34. The van der Waals surface area contributed by atoms with Crippen molar-refractivity contribution in [2.45, 2.75) is 12.8 Å². The van der Waals surface area contributed by atoms with E-state index in [0.29, 0.717) is 22.8 Å². The third-order valence-electron chi connectivity index (χ3n) is 4.06. The van der Waals surface area contributed by atoms with Crippen molar-refractivity contribution in [3.63, 3.8) is 0 Å². The van der Waals surface area contributed by atoms with Gasteiger partial charge in [-0.2, -0.15) is 5.26 Å². The van der Waals surface area contributed by atoms with Gasteiger partial charge in [0.15, 0.2) is 11.5 Å². The van der Waals surface area contributed by atoms with Crippen LogP contribution >= 0.6 is 0 Å². The molecule has 0 fully saturated rings. The van der Waals surface area contributed by atoms with E-state index in [1.165, 1.54) is 28.4 Å². The van der Waals surface area contributed by atoms with Crippen LogP contribution in [0.4, 0.5) is 0 Å². The molecule has 1 aromatic carbocycles. The van der Waals surface area contributed by atoms with Crippen LogP contribution in [-0.2, 0) is 14.3 Å². The summed E-state index contributed by atoms with van der Waals surface area (Å²) in [7, 11) is 5.66. The number of ether oxygens (including phenoxy) is 5. The number of carbonyl (C=O) groups is 1. The Labute approximate surface area is 151 Å². The number of nitrogens with two attached hydrogens (primary N) is 1. The molecule has 1 aromatic rings. The Hall–Kier alpha value is -3.34. The molecule has 1 atom stereocenters. The molecule has 0 amide bonds. The van der Waals surface area contributed by atoms with E-state index in [2.05, 4.69) is 0 Å². The highest BCUT2D eigenvalue weighted by Crippen LogP contribution is 2.48. The van der Waals surface area contributed by atoms with Crippen molar-refractivity contribution < 1.29 is 28.5 Å². The zero-order chi connectivity index (χ0) is 19.4. The summed E-state index contributed by atoms with van der Waals surface area (Å²) in [5.41, 5.74) is 6.60. The van der Waals surface area contributed by atoms with Gasteiger partial charge in [0.25, 0.3) is 0 Å². The number of nitrogens with zero attached hydrogens (tertiary/aromatic N) is 1. The second kappa shape index (κ2) is 7.70. The number of hydrogen-bond donors (Lipinski definition) is 1. The molecule has 2 rings (SSSR count). The largest absolute Gasteiger partial charge is 0.493 e. The van der Waals surface area contributed by atoms with Gasteiger partial charge in [-0.25, -0.2) is 4.79 Å². The van der Waals surface area contributed by atoms with E-state index in [1.54, 1.807) is 19.1 Å². The van der Waals surface area contributed by atoms with Gasteiger partial charge in [0.2, 0.25) is 11.6 Å². The maximum atomic E-state index is 12.4. The summed E-state index contributed by atoms with van der Waals surface area (Å²) in [6.45, 7) is 1.58. The van der Waals surface area contributed by atoms with Crippen LogP contribution in [0.3, 0.4) is 0 Å². The van der Waals surface area contributed by atoms with Crippen molar-refractivity contribution in [1.29, 1.82) is 5.26 Å². The molecule has 0 spiro atoms. The predicted molar refractivity (Wildman–Crippen MR) is 91.5 cm³/mol. The van der Waals surface area contributed by atoms with E-state index in [9.17, 15) is 10.1 Å². The van der Waals surface area contributed by atoms with Gasteiger partial charge in [0.1, 0.15) is 17.4 Å². The molecule has 1 aliphatic heterocycles. The van der Waals surface area contributed by atoms with Gasteiger partial charge >= 0.3 is 5.97 Å². The lowest BCUT2D eigenvalue weighted by Crippen LogP contribution is -2.25. The standard InChI is InChI=1S/C18H20N2O6/c1-9-13(18(21)25-5)14(11(8-19)17(20)26-9)10-6-7-12(22-2)16(24-4)15(10)23-3/h6-7,14H,20H2,1-5H3/t14-/m0/s1. The van der Waals surface area contributed by atoms with Gasteiger partial charge in [-0.1, -0.05) is 6.07 Å². The summed E-state index contributed by atoms with van der Waals surface area (Å²) >= 11 is 0. The molecule has 0 aromatic heterocycles. The second-order valence-electron chi connectivity index (χ2n) is 5.31. The summed E-state index contributed by atoms with van der Waals surface area (Å²) < 4.78 is 26.4. The number of carbonyl (C=O) groups excluding carboxylic acids is 1. The summed E-state index contributed by atoms with van der Waals surface area (Å²) in [6.07, 6.45) is 0. The Morgan fingerprint density at radius 1 is 1.15 bits per heavy atom. The molecular formula is C18H20N2O6. The summed E-state index contributed by atoms with van der Waals surface area (Å²) in [5, 5.41) is 9.60. The van der Waals surface area contributed by atoms with Crippen molar-refractivity contribution in [1.82, 2.24) is 0 Å². The lowest BCUT2D eigenvalue weighted by molar-refractivity contribution is -0.136. The molecule has 0 bridgehead atoms. The minimum absolute atomic E-state index is 0.0709. The van der Waals surface area contributed by atoms with Gasteiger partial charge in [-0.05, 0) is 13.0 Å². The molecule has 8 nitrogen and oxygen atoms in total.